The molecular weight excluding hydrogens is 330 g/mol. The number of aromatic amines is 1. The minimum Gasteiger partial charge on any atom is -0.391 e. The molecule has 2 N–H and O–H groups in total. The quantitative estimate of drug-likeness (QED) is 0.752. The third-order valence-electron chi connectivity index (χ3n) is 4.91. The number of H-pyrrole nitrogens is 1. The van der Waals surface area contributed by atoms with Crippen molar-refractivity contribution in [3.63, 3.8) is 0 Å². The molecule has 1 amide bonds. The van der Waals surface area contributed by atoms with Crippen LogP contribution in [0.3, 0.4) is 0 Å². The van der Waals surface area contributed by atoms with Crippen LogP contribution >= 0.6 is 0 Å². The van der Waals surface area contributed by atoms with Gasteiger partial charge in [-0.15, -0.1) is 0 Å². The van der Waals surface area contributed by atoms with Gasteiger partial charge in [0.1, 0.15) is 5.69 Å². The summed E-state index contributed by atoms with van der Waals surface area (Å²) in [4.78, 5) is 32.5. The fourth-order valence-corrected chi connectivity index (χ4v) is 3.58. The number of likely N-dealkylation sites (tertiary alicyclic amines) is 1. The van der Waals surface area contributed by atoms with Crippen molar-refractivity contribution >= 4 is 16.8 Å². The Morgan fingerprint density at radius 3 is 2.85 bits per heavy atom. The van der Waals surface area contributed by atoms with Crippen LogP contribution in [0.2, 0.25) is 0 Å². The number of nitrogens with zero attached hydrogens (tertiary/aromatic N) is 2. The third kappa shape index (κ3) is 3.11. The molecule has 0 saturated carbocycles. The highest BCUT2D eigenvalue weighted by atomic mass is 16.3. The fraction of sp³-hybridized carbons (Fsp3) is 0.250. The zero-order valence-corrected chi connectivity index (χ0v) is 14.1. The number of para-hydroxylation sites is 1. The van der Waals surface area contributed by atoms with E-state index in [9.17, 15) is 14.7 Å². The van der Waals surface area contributed by atoms with Gasteiger partial charge in [0, 0.05) is 36.7 Å². The number of hydrogen-bond donors (Lipinski definition) is 2. The Balaban J connectivity index is 1.54. The Kier molecular flexibility index (Phi) is 4.26. The summed E-state index contributed by atoms with van der Waals surface area (Å²) >= 11 is 0. The van der Waals surface area contributed by atoms with Crippen molar-refractivity contribution < 1.29 is 9.90 Å². The SMILES string of the molecule is O=C(c1cccc(=O)[nH]1)N1C[C@@H](Cc2ccnc3ccccc23)[C@@H](O)C1. The topological polar surface area (TPSA) is 86.3 Å². The number of pyridine rings is 2. The van der Waals surface area contributed by atoms with Crippen LogP contribution in [-0.4, -0.2) is 45.1 Å². The largest absolute Gasteiger partial charge is 0.391 e. The molecule has 1 aliphatic heterocycles. The van der Waals surface area contributed by atoms with Crippen LogP contribution in [0.15, 0.2) is 59.5 Å². The second-order valence-electron chi connectivity index (χ2n) is 6.66. The molecule has 2 atom stereocenters. The molecule has 6 nitrogen and oxygen atoms in total. The highest BCUT2D eigenvalue weighted by Gasteiger charge is 2.34. The van der Waals surface area contributed by atoms with Gasteiger partial charge in [-0.3, -0.25) is 14.6 Å². The fourth-order valence-electron chi connectivity index (χ4n) is 3.58. The maximum atomic E-state index is 12.6. The number of carbonyl (C=O) groups is 1. The third-order valence-corrected chi connectivity index (χ3v) is 4.91. The number of aliphatic hydroxyl groups is 1. The van der Waals surface area contributed by atoms with Crippen molar-refractivity contribution in [2.45, 2.75) is 12.5 Å². The van der Waals surface area contributed by atoms with Gasteiger partial charge in [-0.25, -0.2) is 0 Å². The number of nitrogens with one attached hydrogen (secondary N) is 1. The molecule has 3 aromatic rings. The summed E-state index contributed by atoms with van der Waals surface area (Å²) < 4.78 is 0. The molecule has 1 aliphatic rings. The smallest absolute Gasteiger partial charge is 0.270 e. The molecule has 0 aliphatic carbocycles. The highest BCUT2D eigenvalue weighted by Crippen LogP contribution is 2.26. The molecule has 6 heteroatoms. The number of fused-ring (bicyclic) bond motifs is 1. The predicted molar refractivity (Wildman–Crippen MR) is 97.9 cm³/mol. The number of carbonyl (C=O) groups excluding carboxylic acids is 1. The van der Waals surface area contributed by atoms with Crippen molar-refractivity contribution in [1.82, 2.24) is 14.9 Å². The van der Waals surface area contributed by atoms with Gasteiger partial charge in [0.25, 0.3) is 5.91 Å². The molecule has 1 fully saturated rings. The van der Waals surface area contributed by atoms with Gasteiger partial charge in [-0.05, 0) is 30.2 Å². The van der Waals surface area contributed by atoms with E-state index in [1.807, 2.05) is 30.3 Å². The van der Waals surface area contributed by atoms with E-state index in [2.05, 4.69) is 9.97 Å². The first-order valence-corrected chi connectivity index (χ1v) is 8.61. The number of amides is 1. The van der Waals surface area contributed by atoms with Gasteiger partial charge in [0.15, 0.2) is 0 Å². The van der Waals surface area contributed by atoms with Crippen LogP contribution in [0.5, 0.6) is 0 Å². The van der Waals surface area contributed by atoms with E-state index < -0.39 is 6.10 Å². The zero-order chi connectivity index (χ0) is 18.1. The Morgan fingerprint density at radius 1 is 1.15 bits per heavy atom. The lowest BCUT2D eigenvalue weighted by atomic mass is 9.94. The van der Waals surface area contributed by atoms with Crippen molar-refractivity contribution in [2.75, 3.05) is 13.1 Å². The summed E-state index contributed by atoms with van der Waals surface area (Å²) in [5.41, 5.74) is 1.98. The van der Waals surface area contributed by atoms with Crippen LogP contribution in [0, 0.1) is 5.92 Å². The van der Waals surface area contributed by atoms with E-state index >= 15 is 0 Å². The summed E-state index contributed by atoms with van der Waals surface area (Å²) in [7, 11) is 0. The van der Waals surface area contributed by atoms with Gasteiger partial charge >= 0.3 is 0 Å². The van der Waals surface area contributed by atoms with Crippen molar-refractivity contribution in [3.8, 4) is 0 Å². The summed E-state index contributed by atoms with van der Waals surface area (Å²) in [5.74, 6) is -0.316. The van der Waals surface area contributed by atoms with E-state index in [1.54, 1.807) is 23.2 Å². The second kappa shape index (κ2) is 6.72. The molecule has 2 aromatic heterocycles. The molecule has 0 unspecified atom stereocenters. The predicted octanol–water partition coefficient (Wildman–Crippen LogP) is 1.60. The lowest BCUT2D eigenvalue weighted by Crippen LogP contribution is -2.31. The van der Waals surface area contributed by atoms with Crippen LogP contribution in [0.25, 0.3) is 10.9 Å². The van der Waals surface area contributed by atoms with Crippen molar-refractivity contribution in [3.05, 3.63) is 76.3 Å². The lowest BCUT2D eigenvalue weighted by Gasteiger charge is -2.16. The zero-order valence-electron chi connectivity index (χ0n) is 14.1. The molecule has 4 rings (SSSR count). The van der Waals surface area contributed by atoms with Crippen molar-refractivity contribution in [2.24, 2.45) is 5.92 Å². The molecule has 0 radical (unpaired) electrons. The Labute approximate surface area is 150 Å². The van der Waals surface area contributed by atoms with Gasteiger partial charge in [-0.1, -0.05) is 24.3 Å². The number of aliphatic hydroxyl groups excluding tert-OH is 1. The van der Waals surface area contributed by atoms with Crippen LogP contribution < -0.4 is 5.56 Å². The van der Waals surface area contributed by atoms with Gasteiger partial charge in [0.05, 0.1) is 11.6 Å². The molecule has 1 aromatic carbocycles. The Hall–Kier alpha value is -2.99. The first-order valence-electron chi connectivity index (χ1n) is 8.61. The van der Waals surface area contributed by atoms with Gasteiger partial charge < -0.3 is 15.0 Å². The molecular formula is C20H19N3O3. The first-order chi connectivity index (χ1) is 12.6. The lowest BCUT2D eigenvalue weighted by molar-refractivity contribution is 0.0758. The molecule has 26 heavy (non-hydrogen) atoms. The number of aromatic nitrogens is 2. The standard InChI is InChI=1S/C20H19N3O3/c24-18-12-23(20(26)17-6-3-7-19(25)22-17)11-14(18)10-13-8-9-21-16-5-2-1-4-15(13)16/h1-9,14,18,24H,10-12H2,(H,22,25)/t14-,18+/m1/s1. The van der Waals surface area contributed by atoms with E-state index in [1.165, 1.54) is 6.07 Å². The minimum absolute atomic E-state index is 0.0554. The normalized spacial score (nSPS) is 19.8. The van der Waals surface area contributed by atoms with Crippen LogP contribution in [0.1, 0.15) is 16.1 Å². The molecule has 1 saturated heterocycles. The monoisotopic (exact) mass is 349 g/mol. The van der Waals surface area contributed by atoms with E-state index in [-0.39, 0.29) is 29.6 Å². The molecule has 3 heterocycles. The maximum absolute atomic E-state index is 12.6. The summed E-state index contributed by atoms with van der Waals surface area (Å²) in [5, 5.41) is 11.5. The van der Waals surface area contributed by atoms with Gasteiger partial charge in [0.2, 0.25) is 5.56 Å². The summed E-state index contributed by atoms with van der Waals surface area (Å²) in [6, 6.07) is 14.4. The van der Waals surface area contributed by atoms with Gasteiger partial charge in [-0.2, -0.15) is 0 Å². The number of hydrogen-bond acceptors (Lipinski definition) is 4. The first kappa shape index (κ1) is 16.5. The van der Waals surface area contributed by atoms with Crippen molar-refractivity contribution in [1.29, 1.82) is 0 Å². The molecule has 0 spiro atoms. The average molecular weight is 349 g/mol. The average Bonchev–Trinajstić information content (AvgIpc) is 3.02. The number of benzene rings is 1. The Bertz CT molecular complexity index is 1010. The van der Waals surface area contributed by atoms with E-state index in [0.717, 1.165) is 16.5 Å². The second-order valence-corrected chi connectivity index (χ2v) is 6.66. The van der Waals surface area contributed by atoms with Crippen LogP contribution in [0.4, 0.5) is 0 Å². The summed E-state index contributed by atoms with van der Waals surface area (Å²) in [6.45, 7) is 0.719. The Morgan fingerprint density at radius 2 is 2.00 bits per heavy atom. The molecule has 132 valence electrons. The molecule has 0 bridgehead atoms. The van der Waals surface area contributed by atoms with E-state index in [0.29, 0.717) is 13.0 Å². The number of rotatable bonds is 3. The number of β-amino-alcohol motifs (C(OH)–C–C–N with tert-alkyl or cyclic N) is 1. The minimum atomic E-state index is -0.596. The van der Waals surface area contributed by atoms with E-state index in [4.69, 9.17) is 0 Å². The maximum Gasteiger partial charge on any atom is 0.270 e. The summed E-state index contributed by atoms with van der Waals surface area (Å²) in [6.07, 6.45) is 1.84. The van der Waals surface area contributed by atoms with Crippen LogP contribution in [-0.2, 0) is 6.42 Å². The highest BCUT2D eigenvalue weighted by molar-refractivity contribution is 5.92.